The molecule has 242 valence electrons. The van der Waals surface area contributed by atoms with Crippen molar-refractivity contribution >= 4 is 29.1 Å². The Morgan fingerprint density at radius 1 is 1.18 bits per heavy atom. The van der Waals surface area contributed by atoms with Crippen LogP contribution in [0.1, 0.15) is 55.2 Å². The molecule has 8 nitrogen and oxygen atoms in total. The quantitative estimate of drug-likeness (QED) is 0.471. The van der Waals surface area contributed by atoms with Crippen LogP contribution in [0, 0.1) is 11.8 Å². The van der Waals surface area contributed by atoms with E-state index in [4.69, 9.17) is 21.1 Å². The number of benzene rings is 2. The third kappa shape index (κ3) is 5.97. The van der Waals surface area contributed by atoms with Gasteiger partial charge in [0.25, 0.3) is 5.91 Å². The van der Waals surface area contributed by atoms with Crippen LogP contribution in [0.25, 0.3) is 0 Å². The van der Waals surface area contributed by atoms with Gasteiger partial charge in [-0.2, -0.15) is 0 Å². The predicted molar refractivity (Wildman–Crippen MR) is 176 cm³/mol. The van der Waals surface area contributed by atoms with Crippen molar-refractivity contribution in [2.24, 2.45) is 11.8 Å². The minimum atomic E-state index is -2.03. The Labute approximate surface area is 271 Å². The summed E-state index contributed by atoms with van der Waals surface area (Å²) in [7, 11) is 6.71. The molecule has 0 saturated heterocycles. The first-order valence-electron chi connectivity index (χ1n) is 16.2. The van der Waals surface area contributed by atoms with Crippen LogP contribution >= 0.6 is 11.6 Å². The number of methoxy groups -OCH3 is 1. The number of hydrogen-bond acceptors (Lipinski definition) is 6. The Morgan fingerprint density at radius 3 is 2.73 bits per heavy atom. The normalized spacial score (nSPS) is 30.8. The lowest BCUT2D eigenvalue weighted by Gasteiger charge is -2.46. The highest BCUT2D eigenvalue weighted by atomic mass is 35.5. The van der Waals surface area contributed by atoms with E-state index in [1.165, 1.54) is 16.0 Å². The summed E-state index contributed by atoms with van der Waals surface area (Å²) >= 11 is 6.45. The van der Waals surface area contributed by atoms with Gasteiger partial charge in [-0.15, -0.1) is 0 Å². The maximum absolute atomic E-state index is 13.6. The van der Waals surface area contributed by atoms with Gasteiger partial charge < -0.3 is 29.3 Å². The first-order chi connectivity index (χ1) is 21.5. The third-order valence-corrected chi connectivity index (χ3v) is 10.9. The van der Waals surface area contributed by atoms with E-state index in [9.17, 15) is 14.7 Å². The van der Waals surface area contributed by atoms with Gasteiger partial charge in [0.05, 0.1) is 24.8 Å². The summed E-state index contributed by atoms with van der Waals surface area (Å²) in [5.74, 6) is 0.673. The lowest BCUT2D eigenvalue weighted by Crippen LogP contribution is -2.50. The minimum absolute atomic E-state index is 0.000935. The molecule has 2 heterocycles. The Bertz CT molecular complexity index is 1480. The van der Waals surface area contributed by atoms with Crippen molar-refractivity contribution in [2.75, 3.05) is 59.4 Å². The third-order valence-electron chi connectivity index (χ3n) is 10.7. The van der Waals surface area contributed by atoms with E-state index in [1.54, 1.807) is 39.2 Å². The second kappa shape index (κ2) is 12.6. The predicted octanol–water partition coefficient (Wildman–Crippen LogP) is 4.94. The van der Waals surface area contributed by atoms with E-state index in [0.29, 0.717) is 37.0 Å². The molecule has 1 saturated carbocycles. The highest BCUT2D eigenvalue weighted by Gasteiger charge is 2.46. The summed E-state index contributed by atoms with van der Waals surface area (Å²) in [4.78, 5) is 32.5. The molecule has 1 spiro atoms. The van der Waals surface area contributed by atoms with Gasteiger partial charge in [-0.1, -0.05) is 35.9 Å². The number of halogens is 1. The molecule has 2 aromatic carbocycles. The van der Waals surface area contributed by atoms with Crippen molar-refractivity contribution in [3.05, 3.63) is 70.3 Å². The van der Waals surface area contributed by atoms with Gasteiger partial charge >= 0.3 is 0 Å². The Hall–Kier alpha value is -3.07. The number of aliphatic hydroxyl groups is 1. The summed E-state index contributed by atoms with van der Waals surface area (Å²) in [5, 5.41) is 12.9. The highest BCUT2D eigenvalue weighted by molar-refractivity contribution is 6.30. The van der Waals surface area contributed by atoms with Gasteiger partial charge in [0, 0.05) is 58.3 Å². The smallest absolute Gasteiger partial charge is 0.259 e. The summed E-state index contributed by atoms with van der Waals surface area (Å²) in [6.07, 6.45) is 9.76. The number of carbonyl (C=O) groups excluding carboxylic acids is 2. The molecule has 0 aromatic heterocycles. The maximum Gasteiger partial charge on any atom is 0.259 e. The van der Waals surface area contributed by atoms with Gasteiger partial charge in [-0.25, -0.2) is 0 Å². The van der Waals surface area contributed by atoms with Crippen molar-refractivity contribution in [3.8, 4) is 5.75 Å². The monoisotopic (exact) mass is 635 g/mol. The largest absolute Gasteiger partial charge is 0.490 e. The van der Waals surface area contributed by atoms with Crippen LogP contribution in [-0.2, 0) is 31.8 Å². The molecule has 2 aliphatic heterocycles. The number of ether oxygens (including phenoxy) is 2. The molecule has 0 unspecified atom stereocenters. The fourth-order valence-electron chi connectivity index (χ4n) is 7.95. The lowest BCUT2D eigenvalue weighted by atomic mass is 9.68. The number of fused-ring (bicyclic) bond motifs is 4. The molecule has 2 amide bonds. The van der Waals surface area contributed by atoms with Crippen LogP contribution in [0.4, 0.5) is 5.69 Å². The van der Waals surface area contributed by atoms with Crippen LogP contribution in [0.2, 0.25) is 5.02 Å². The number of amides is 2. The summed E-state index contributed by atoms with van der Waals surface area (Å²) < 4.78 is 12.7. The average Bonchev–Trinajstić information content (AvgIpc) is 3.16. The van der Waals surface area contributed by atoms with Crippen LogP contribution in [0.3, 0.4) is 0 Å². The van der Waals surface area contributed by atoms with Gasteiger partial charge in [0.15, 0.2) is 5.60 Å². The van der Waals surface area contributed by atoms with Crippen molar-refractivity contribution in [1.82, 2.24) is 9.80 Å². The Kier molecular flexibility index (Phi) is 8.94. The van der Waals surface area contributed by atoms with Gasteiger partial charge in [-0.05, 0) is 91.3 Å². The number of carbonyl (C=O) groups is 2. The first-order valence-corrected chi connectivity index (χ1v) is 16.6. The van der Waals surface area contributed by atoms with Crippen LogP contribution in [0.5, 0.6) is 5.75 Å². The minimum Gasteiger partial charge on any atom is -0.490 e. The molecule has 1 N–H and O–H groups in total. The molecule has 9 heteroatoms. The zero-order valence-corrected chi connectivity index (χ0v) is 27.7. The van der Waals surface area contributed by atoms with Crippen molar-refractivity contribution in [3.63, 3.8) is 0 Å². The number of nitrogens with zero attached hydrogens (tertiary/aromatic N) is 3. The number of hydrogen-bond donors (Lipinski definition) is 1. The molecule has 5 atom stereocenters. The van der Waals surface area contributed by atoms with E-state index in [2.05, 4.69) is 29.2 Å². The standard InChI is InChI=1S/C36H46ClN3O5/c1-38(2)34(42)36(43)20-33(41)39(3)17-6-5-9-31(44-4)28-13-10-25(28)21-40-22-35(23-45-32-15-11-26(36)19-30(32)40)16-7-8-24-18-27(37)12-14-29(24)35/h5,9,11-12,14-15,18-19,25,28,31,43H,6-8,10,13,16-17,20-23H2,1-4H3/b9-5+/t25-,28+,31-,35-,36+/m0/s1. The fourth-order valence-corrected chi connectivity index (χ4v) is 8.15. The molecule has 0 radical (unpaired) electrons. The number of anilines is 1. The van der Waals surface area contributed by atoms with Gasteiger partial charge in [0.2, 0.25) is 5.91 Å². The first kappa shape index (κ1) is 31.9. The second-order valence-corrected chi connectivity index (χ2v) is 14.2. The molecule has 45 heavy (non-hydrogen) atoms. The molecule has 6 rings (SSSR count). The molecule has 2 bridgehead atoms. The van der Waals surface area contributed by atoms with E-state index in [1.807, 2.05) is 18.2 Å². The summed E-state index contributed by atoms with van der Waals surface area (Å²) in [5.41, 5.74) is 1.53. The number of rotatable bonds is 2. The highest BCUT2D eigenvalue weighted by Crippen LogP contribution is 2.47. The molecule has 4 aliphatic rings. The molecule has 2 aliphatic carbocycles. The Balaban J connectivity index is 1.48. The van der Waals surface area contributed by atoms with E-state index < -0.39 is 11.5 Å². The van der Waals surface area contributed by atoms with Gasteiger partial charge in [0.1, 0.15) is 5.75 Å². The number of likely N-dealkylation sites (N-methyl/N-ethyl adjacent to an activating group) is 1. The molecule has 1 fully saturated rings. The van der Waals surface area contributed by atoms with Crippen LogP contribution in [-0.4, -0.2) is 87.3 Å². The SMILES string of the molecule is CO[C@H]1/C=C/CCN(C)C(=O)C[C@](O)(C(=O)N(C)C)c2ccc3c(c2)N(C[C@@H]2CC[C@H]21)C[C@@]1(CCCc2cc(Cl)ccc21)CO3. The fraction of sp³-hybridized carbons (Fsp3) is 0.556. The topological polar surface area (TPSA) is 82.5 Å². The average molecular weight is 636 g/mol. The van der Waals surface area contributed by atoms with E-state index in [-0.39, 0.29) is 23.8 Å². The van der Waals surface area contributed by atoms with Crippen molar-refractivity contribution in [2.45, 2.75) is 62.1 Å². The molecular formula is C36H46ClN3O5. The van der Waals surface area contributed by atoms with Gasteiger partial charge in [-0.3, -0.25) is 9.59 Å². The number of aryl methyl sites for hydroxylation is 1. The lowest BCUT2D eigenvalue weighted by molar-refractivity contribution is -0.156. The van der Waals surface area contributed by atoms with Crippen molar-refractivity contribution in [1.29, 1.82) is 0 Å². The van der Waals surface area contributed by atoms with E-state index >= 15 is 0 Å². The zero-order valence-electron chi connectivity index (χ0n) is 26.9. The van der Waals surface area contributed by atoms with Crippen LogP contribution in [0.15, 0.2) is 48.6 Å². The van der Waals surface area contributed by atoms with Crippen molar-refractivity contribution < 1.29 is 24.2 Å². The maximum atomic E-state index is 13.6. The second-order valence-electron chi connectivity index (χ2n) is 13.8. The molecule has 2 aromatic rings. The summed E-state index contributed by atoms with van der Waals surface area (Å²) in [6, 6.07) is 11.8. The summed E-state index contributed by atoms with van der Waals surface area (Å²) in [6.45, 7) is 2.53. The Morgan fingerprint density at radius 2 is 2.00 bits per heavy atom. The molecular weight excluding hydrogens is 590 g/mol. The van der Waals surface area contributed by atoms with Crippen LogP contribution < -0.4 is 9.64 Å². The zero-order chi connectivity index (χ0) is 31.9. The van der Waals surface area contributed by atoms with E-state index in [0.717, 1.165) is 61.7 Å².